The van der Waals surface area contributed by atoms with Gasteiger partial charge in [0.2, 0.25) is 0 Å². The second kappa shape index (κ2) is 8.69. The fourth-order valence-corrected chi connectivity index (χ4v) is 3.96. The number of nitrogens with one attached hydrogen (secondary N) is 1. The van der Waals surface area contributed by atoms with Gasteiger partial charge >= 0.3 is 5.97 Å². The molecular weight excluding hydrogens is 370 g/mol. The first-order chi connectivity index (χ1) is 13.8. The zero-order valence-electron chi connectivity index (χ0n) is 17.5. The van der Waals surface area contributed by atoms with E-state index in [2.05, 4.69) is 14.8 Å². The number of ether oxygens (including phenoxy) is 1. The van der Waals surface area contributed by atoms with E-state index in [1.165, 1.54) is 0 Å². The van der Waals surface area contributed by atoms with Gasteiger partial charge in [0.1, 0.15) is 5.75 Å². The van der Waals surface area contributed by atoms with Gasteiger partial charge in [-0.3, -0.25) is 9.69 Å². The number of hydrogen-bond acceptors (Lipinski definition) is 6. The molecule has 3 rings (SSSR count). The number of anilines is 1. The molecule has 1 fully saturated rings. The summed E-state index contributed by atoms with van der Waals surface area (Å²) in [4.78, 5) is 32.7. The number of phenolic OH excluding ortho intramolecular Hbond substituents is 1. The molecule has 1 saturated heterocycles. The fourth-order valence-electron chi connectivity index (χ4n) is 3.96. The maximum atomic E-state index is 13.1. The van der Waals surface area contributed by atoms with E-state index >= 15 is 0 Å². The molecule has 0 saturated carbocycles. The van der Waals surface area contributed by atoms with Gasteiger partial charge < -0.3 is 19.7 Å². The summed E-state index contributed by atoms with van der Waals surface area (Å²) < 4.78 is 5.12. The summed E-state index contributed by atoms with van der Waals surface area (Å²) in [7, 11) is 0. The quantitative estimate of drug-likeness (QED) is 0.574. The average molecular weight is 399 g/mol. The summed E-state index contributed by atoms with van der Waals surface area (Å²) in [5, 5.41) is 10.1. The van der Waals surface area contributed by atoms with Crippen LogP contribution in [0.1, 0.15) is 46.0 Å². The van der Waals surface area contributed by atoms with Gasteiger partial charge in [0.25, 0.3) is 0 Å². The molecule has 1 aliphatic rings. The Bertz CT molecular complexity index is 897. The highest BCUT2D eigenvalue weighted by Gasteiger charge is 2.30. The highest BCUT2D eigenvalue weighted by atomic mass is 16.5. The first-order valence-electron chi connectivity index (χ1n) is 10.0. The SMILES string of the molecule is CCOC(=O)c1c(C)[nH]c(C(=O)[C@H](C)N2CCN(c3ccccc3O)CC2)c1C. The Kier molecular flexibility index (Phi) is 6.27. The number of rotatable bonds is 6. The van der Waals surface area contributed by atoms with Crippen molar-refractivity contribution >= 4 is 17.4 Å². The van der Waals surface area contributed by atoms with Crippen LogP contribution >= 0.6 is 0 Å². The van der Waals surface area contributed by atoms with E-state index in [0.29, 0.717) is 42.2 Å². The van der Waals surface area contributed by atoms with Gasteiger partial charge in [-0.2, -0.15) is 0 Å². The molecule has 156 valence electrons. The highest BCUT2D eigenvalue weighted by molar-refractivity contribution is 6.03. The zero-order chi connectivity index (χ0) is 21.1. The molecule has 0 radical (unpaired) electrons. The third-order valence-electron chi connectivity index (χ3n) is 5.63. The van der Waals surface area contributed by atoms with E-state index in [0.717, 1.165) is 18.8 Å². The minimum Gasteiger partial charge on any atom is -0.506 e. The zero-order valence-corrected chi connectivity index (χ0v) is 17.5. The second-order valence-corrected chi connectivity index (χ2v) is 7.40. The number of benzene rings is 1. The van der Waals surface area contributed by atoms with E-state index < -0.39 is 5.97 Å². The van der Waals surface area contributed by atoms with Crippen molar-refractivity contribution in [2.75, 3.05) is 37.7 Å². The van der Waals surface area contributed by atoms with Gasteiger partial charge in [0, 0.05) is 31.9 Å². The van der Waals surface area contributed by atoms with Crippen LogP contribution in [0.2, 0.25) is 0 Å². The number of Topliss-reactive ketones (excluding diaryl/α,β-unsaturated/α-hetero) is 1. The topological polar surface area (TPSA) is 85.9 Å². The molecule has 0 spiro atoms. The van der Waals surface area contributed by atoms with Crippen molar-refractivity contribution in [2.24, 2.45) is 0 Å². The predicted molar refractivity (Wildman–Crippen MR) is 112 cm³/mol. The fraction of sp³-hybridized carbons (Fsp3) is 0.455. The van der Waals surface area contributed by atoms with E-state index in [4.69, 9.17) is 4.74 Å². The van der Waals surface area contributed by atoms with Gasteiger partial charge in [-0.1, -0.05) is 12.1 Å². The number of carbonyl (C=O) groups excluding carboxylic acids is 2. The number of para-hydroxylation sites is 2. The summed E-state index contributed by atoms with van der Waals surface area (Å²) in [6, 6.07) is 6.99. The van der Waals surface area contributed by atoms with Crippen LogP contribution in [0, 0.1) is 13.8 Å². The predicted octanol–water partition coefficient (Wildman–Crippen LogP) is 2.91. The molecule has 1 aromatic heterocycles. The van der Waals surface area contributed by atoms with Gasteiger partial charge in [-0.15, -0.1) is 0 Å². The summed E-state index contributed by atoms with van der Waals surface area (Å²) in [5.74, 6) is -0.159. The second-order valence-electron chi connectivity index (χ2n) is 7.40. The van der Waals surface area contributed by atoms with Crippen molar-refractivity contribution < 1.29 is 19.4 Å². The van der Waals surface area contributed by atoms with Crippen molar-refractivity contribution in [3.8, 4) is 5.75 Å². The molecule has 2 aromatic rings. The third-order valence-corrected chi connectivity index (χ3v) is 5.63. The number of aromatic amines is 1. The number of piperazine rings is 1. The van der Waals surface area contributed by atoms with Crippen molar-refractivity contribution in [2.45, 2.75) is 33.7 Å². The Hall–Kier alpha value is -2.80. The molecule has 2 heterocycles. The lowest BCUT2D eigenvalue weighted by atomic mass is 10.0. The first-order valence-corrected chi connectivity index (χ1v) is 10.0. The van der Waals surface area contributed by atoms with Crippen molar-refractivity contribution in [1.82, 2.24) is 9.88 Å². The summed E-state index contributed by atoms with van der Waals surface area (Å²) in [6.07, 6.45) is 0. The number of H-pyrrole nitrogens is 1. The molecule has 0 unspecified atom stereocenters. The van der Waals surface area contributed by atoms with Gasteiger partial charge in [0.05, 0.1) is 29.6 Å². The van der Waals surface area contributed by atoms with E-state index in [9.17, 15) is 14.7 Å². The standard InChI is InChI=1S/C22H29N3O4/c1-5-29-22(28)19-14(2)20(23-15(19)3)21(27)16(4)24-10-12-25(13-11-24)17-8-6-7-9-18(17)26/h6-9,16,23,26H,5,10-13H2,1-4H3/t16-/m0/s1. The van der Waals surface area contributed by atoms with Crippen molar-refractivity contribution in [1.29, 1.82) is 0 Å². The Balaban J connectivity index is 1.70. The molecule has 7 nitrogen and oxygen atoms in total. The molecule has 0 amide bonds. The van der Waals surface area contributed by atoms with Crippen LogP contribution in [0.4, 0.5) is 5.69 Å². The van der Waals surface area contributed by atoms with Crippen LogP contribution in [0.5, 0.6) is 5.75 Å². The molecule has 29 heavy (non-hydrogen) atoms. The van der Waals surface area contributed by atoms with Crippen LogP contribution in [0.25, 0.3) is 0 Å². The Morgan fingerprint density at radius 2 is 1.83 bits per heavy atom. The number of ketones is 1. The Morgan fingerprint density at radius 3 is 2.45 bits per heavy atom. The summed E-state index contributed by atoms with van der Waals surface area (Å²) in [5.41, 5.74) is 3.04. The molecule has 1 atom stereocenters. The summed E-state index contributed by atoms with van der Waals surface area (Å²) in [6.45, 7) is 10.4. The normalized spacial score (nSPS) is 15.9. The van der Waals surface area contributed by atoms with Crippen LogP contribution < -0.4 is 4.90 Å². The lowest BCUT2D eigenvalue weighted by molar-refractivity contribution is 0.0525. The maximum absolute atomic E-state index is 13.1. The van der Waals surface area contributed by atoms with Crippen molar-refractivity contribution in [3.63, 3.8) is 0 Å². The van der Waals surface area contributed by atoms with Crippen molar-refractivity contribution in [3.05, 3.63) is 46.8 Å². The van der Waals surface area contributed by atoms with E-state index in [1.54, 1.807) is 32.9 Å². The number of phenols is 1. The smallest absolute Gasteiger partial charge is 0.340 e. The van der Waals surface area contributed by atoms with Crippen LogP contribution in [0.3, 0.4) is 0 Å². The number of nitrogens with zero attached hydrogens (tertiary/aromatic N) is 2. The number of aromatic nitrogens is 1. The first kappa shape index (κ1) is 20.9. The number of carbonyl (C=O) groups is 2. The molecule has 7 heteroatoms. The number of hydrogen-bond donors (Lipinski definition) is 2. The van der Waals surface area contributed by atoms with Crippen LogP contribution in [0.15, 0.2) is 24.3 Å². The van der Waals surface area contributed by atoms with Crippen LogP contribution in [-0.2, 0) is 4.74 Å². The van der Waals surface area contributed by atoms with E-state index in [1.807, 2.05) is 19.1 Å². The number of esters is 1. The highest BCUT2D eigenvalue weighted by Crippen LogP contribution is 2.28. The minimum absolute atomic E-state index is 0.0304. The molecule has 0 aliphatic carbocycles. The molecular formula is C22H29N3O4. The van der Waals surface area contributed by atoms with Gasteiger partial charge in [-0.05, 0) is 45.4 Å². The molecule has 1 aliphatic heterocycles. The Labute approximate surface area is 171 Å². The number of aromatic hydroxyl groups is 1. The third kappa shape index (κ3) is 4.15. The molecule has 2 N–H and O–H groups in total. The molecule has 0 bridgehead atoms. The summed E-state index contributed by atoms with van der Waals surface area (Å²) >= 11 is 0. The monoisotopic (exact) mass is 399 g/mol. The lowest BCUT2D eigenvalue weighted by Crippen LogP contribution is -2.51. The maximum Gasteiger partial charge on any atom is 0.340 e. The largest absolute Gasteiger partial charge is 0.506 e. The number of aryl methyl sites for hydroxylation is 1. The molecule has 1 aromatic carbocycles. The van der Waals surface area contributed by atoms with Gasteiger partial charge in [0.15, 0.2) is 5.78 Å². The minimum atomic E-state index is -0.401. The Morgan fingerprint density at radius 1 is 1.17 bits per heavy atom. The average Bonchev–Trinajstić information content (AvgIpc) is 3.01. The van der Waals surface area contributed by atoms with Gasteiger partial charge in [-0.25, -0.2) is 4.79 Å². The van der Waals surface area contributed by atoms with E-state index in [-0.39, 0.29) is 17.6 Å². The van der Waals surface area contributed by atoms with Crippen LogP contribution in [-0.4, -0.2) is 65.6 Å². The lowest BCUT2D eigenvalue weighted by Gasteiger charge is -2.38.